The summed E-state index contributed by atoms with van der Waals surface area (Å²) in [7, 11) is 0. The molecule has 22 heavy (non-hydrogen) atoms. The van der Waals surface area contributed by atoms with Crippen molar-refractivity contribution in [2.75, 3.05) is 0 Å². The number of hydrogen-bond acceptors (Lipinski definition) is 2. The standard InChI is InChI=1S/C18H21NO3/c1-12-6-2-5-9-15(12)16(20)19-18(17(21)22)10-13-7-3-4-8-14(13)11-18/h3-4,7-8,15H,1-2,5-6,9-11H2,(H,19,20)(H,21,22). The molecule has 1 atom stereocenters. The third kappa shape index (κ3) is 2.54. The molecule has 1 saturated carbocycles. The average Bonchev–Trinajstić information content (AvgIpc) is 2.87. The van der Waals surface area contributed by atoms with Gasteiger partial charge in [-0.1, -0.05) is 42.8 Å². The predicted molar refractivity (Wildman–Crippen MR) is 83.5 cm³/mol. The zero-order valence-corrected chi connectivity index (χ0v) is 12.6. The Morgan fingerprint density at radius 1 is 1.18 bits per heavy atom. The van der Waals surface area contributed by atoms with Crippen molar-refractivity contribution in [2.45, 2.75) is 44.1 Å². The Labute approximate surface area is 130 Å². The number of carbonyl (C=O) groups excluding carboxylic acids is 1. The summed E-state index contributed by atoms with van der Waals surface area (Å²) in [5, 5.41) is 12.6. The first kappa shape index (κ1) is 14.8. The van der Waals surface area contributed by atoms with Crippen LogP contribution in [0.3, 0.4) is 0 Å². The summed E-state index contributed by atoms with van der Waals surface area (Å²) in [6.45, 7) is 3.99. The van der Waals surface area contributed by atoms with Crippen molar-refractivity contribution < 1.29 is 14.7 Å². The van der Waals surface area contributed by atoms with Crippen LogP contribution in [0.4, 0.5) is 0 Å². The number of carboxylic acids is 1. The molecule has 0 spiro atoms. The van der Waals surface area contributed by atoms with Crippen LogP contribution >= 0.6 is 0 Å². The van der Waals surface area contributed by atoms with E-state index in [0.29, 0.717) is 12.8 Å². The van der Waals surface area contributed by atoms with E-state index in [1.54, 1.807) is 0 Å². The van der Waals surface area contributed by atoms with Crippen LogP contribution in [-0.4, -0.2) is 22.5 Å². The molecule has 1 aromatic rings. The fourth-order valence-electron chi connectivity index (χ4n) is 3.63. The molecule has 0 heterocycles. The van der Waals surface area contributed by atoms with E-state index in [-0.39, 0.29) is 11.8 Å². The van der Waals surface area contributed by atoms with Crippen molar-refractivity contribution in [3.05, 3.63) is 47.5 Å². The summed E-state index contributed by atoms with van der Waals surface area (Å²) in [5.41, 5.74) is 1.73. The molecule has 4 nitrogen and oxygen atoms in total. The fraction of sp³-hybridized carbons (Fsp3) is 0.444. The van der Waals surface area contributed by atoms with Crippen molar-refractivity contribution in [1.29, 1.82) is 0 Å². The predicted octanol–water partition coefficient (Wildman–Crippen LogP) is 2.47. The highest BCUT2D eigenvalue weighted by molar-refractivity contribution is 5.90. The molecule has 1 aromatic carbocycles. The van der Waals surface area contributed by atoms with E-state index in [2.05, 4.69) is 11.9 Å². The van der Waals surface area contributed by atoms with E-state index in [4.69, 9.17) is 0 Å². The molecule has 0 radical (unpaired) electrons. The number of rotatable bonds is 3. The average molecular weight is 299 g/mol. The first-order valence-corrected chi connectivity index (χ1v) is 7.82. The van der Waals surface area contributed by atoms with Crippen molar-refractivity contribution in [2.24, 2.45) is 5.92 Å². The molecule has 0 bridgehead atoms. The quantitative estimate of drug-likeness (QED) is 0.843. The number of amides is 1. The van der Waals surface area contributed by atoms with Gasteiger partial charge in [-0.15, -0.1) is 0 Å². The van der Waals surface area contributed by atoms with Crippen molar-refractivity contribution >= 4 is 11.9 Å². The minimum atomic E-state index is -1.21. The Morgan fingerprint density at radius 3 is 2.36 bits per heavy atom. The van der Waals surface area contributed by atoms with E-state index in [9.17, 15) is 14.7 Å². The van der Waals surface area contributed by atoms with Gasteiger partial charge in [0.25, 0.3) is 0 Å². The molecule has 2 aliphatic rings. The lowest BCUT2D eigenvalue weighted by Gasteiger charge is -2.30. The highest BCUT2D eigenvalue weighted by Crippen LogP contribution is 2.33. The van der Waals surface area contributed by atoms with E-state index in [1.165, 1.54) is 0 Å². The van der Waals surface area contributed by atoms with Crippen LogP contribution in [0.1, 0.15) is 36.8 Å². The summed E-state index contributed by atoms with van der Waals surface area (Å²) in [4.78, 5) is 24.4. The minimum Gasteiger partial charge on any atom is -0.479 e. The molecular weight excluding hydrogens is 278 g/mol. The lowest BCUT2D eigenvalue weighted by atomic mass is 9.83. The molecule has 0 saturated heterocycles. The topological polar surface area (TPSA) is 66.4 Å². The molecule has 2 N–H and O–H groups in total. The highest BCUT2D eigenvalue weighted by atomic mass is 16.4. The molecule has 116 valence electrons. The summed E-state index contributed by atoms with van der Waals surface area (Å²) >= 11 is 0. The van der Waals surface area contributed by atoms with Crippen LogP contribution in [-0.2, 0) is 22.4 Å². The minimum absolute atomic E-state index is 0.181. The molecule has 0 aliphatic heterocycles. The number of carbonyl (C=O) groups is 2. The van der Waals surface area contributed by atoms with Crippen molar-refractivity contribution in [3.8, 4) is 0 Å². The Kier molecular flexibility index (Phi) is 3.77. The third-order valence-corrected chi connectivity index (χ3v) is 4.92. The second-order valence-corrected chi connectivity index (χ2v) is 6.46. The van der Waals surface area contributed by atoms with Crippen molar-refractivity contribution in [1.82, 2.24) is 5.32 Å². The maximum atomic E-state index is 12.6. The molecule has 4 heteroatoms. The number of aliphatic carboxylic acids is 1. The van der Waals surface area contributed by atoms with Crippen LogP contribution in [0.15, 0.2) is 36.4 Å². The third-order valence-electron chi connectivity index (χ3n) is 4.92. The van der Waals surface area contributed by atoms with E-state index < -0.39 is 11.5 Å². The van der Waals surface area contributed by atoms with Gasteiger partial charge in [-0.25, -0.2) is 4.79 Å². The van der Waals surface area contributed by atoms with E-state index >= 15 is 0 Å². The Bertz CT molecular complexity index is 610. The summed E-state index contributed by atoms with van der Waals surface area (Å²) in [5.74, 6) is -1.38. The second-order valence-electron chi connectivity index (χ2n) is 6.46. The zero-order chi connectivity index (χ0) is 15.7. The van der Waals surface area contributed by atoms with Gasteiger partial charge in [0.15, 0.2) is 0 Å². The van der Waals surface area contributed by atoms with E-state index in [0.717, 1.165) is 42.4 Å². The molecular formula is C18H21NO3. The Morgan fingerprint density at radius 2 is 1.82 bits per heavy atom. The van der Waals surface area contributed by atoms with Crippen molar-refractivity contribution in [3.63, 3.8) is 0 Å². The van der Waals surface area contributed by atoms with Gasteiger partial charge in [0, 0.05) is 12.8 Å². The van der Waals surface area contributed by atoms with Gasteiger partial charge in [-0.3, -0.25) is 4.79 Å². The van der Waals surface area contributed by atoms with Gasteiger partial charge in [-0.2, -0.15) is 0 Å². The zero-order valence-electron chi connectivity index (χ0n) is 12.6. The van der Waals surface area contributed by atoms with Gasteiger partial charge >= 0.3 is 5.97 Å². The number of nitrogens with one attached hydrogen (secondary N) is 1. The Balaban J connectivity index is 1.80. The lowest BCUT2D eigenvalue weighted by molar-refractivity contribution is -0.147. The largest absolute Gasteiger partial charge is 0.479 e. The SMILES string of the molecule is C=C1CCCCC1C(=O)NC1(C(=O)O)Cc2ccccc2C1. The van der Waals surface area contributed by atoms with Gasteiger partial charge < -0.3 is 10.4 Å². The Hall–Kier alpha value is -2.10. The maximum absolute atomic E-state index is 12.6. The number of carboxylic acid groups (broad SMARTS) is 1. The molecule has 0 aromatic heterocycles. The smallest absolute Gasteiger partial charge is 0.330 e. The van der Waals surface area contributed by atoms with Gasteiger partial charge in [0.1, 0.15) is 5.54 Å². The molecule has 1 amide bonds. The molecule has 3 rings (SSSR count). The normalized spacial score (nSPS) is 22.9. The van der Waals surface area contributed by atoms with E-state index in [1.807, 2.05) is 24.3 Å². The molecule has 2 aliphatic carbocycles. The lowest BCUT2D eigenvalue weighted by Crippen LogP contribution is -2.57. The fourth-order valence-corrected chi connectivity index (χ4v) is 3.63. The number of fused-ring (bicyclic) bond motifs is 1. The van der Waals surface area contributed by atoms with Gasteiger partial charge in [-0.05, 0) is 30.4 Å². The molecule has 1 fully saturated rings. The number of benzene rings is 1. The van der Waals surface area contributed by atoms with Crippen LogP contribution < -0.4 is 5.32 Å². The van der Waals surface area contributed by atoms with Crippen LogP contribution in [0.25, 0.3) is 0 Å². The summed E-state index contributed by atoms with van der Waals surface area (Å²) in [6.07, 6.45) is 4.40. The first-order chi connectivity index (χ1) is 10.5. The van der Waals surface area contributed by atoms with Gasteiger partial charge in [0.2, 0.25) is 5.91 Å². The molecule has 1 unspecified atom stereocenters. The highest BCUT2D eigenvalue weighted by Gasteiger charge is 2.46. The first-order valence-electron chi connectivity index (χ1n) is 7.82. The maximum Gasteiger partial charge on any atom is 0.330 e. The number of hydrogen-bond donors (Lipinski definition) is 2. The van der Waals surface area contributed by atoms with Crippen LogP contribution in [0.5, 0.6) is 0 Å². The van der Waals surface area contributed by atoms with Crippen LogP contribution in [0.2, 0.25) is 0 Å². The van der Waals surface area contributed by atoms with Crippen LogP contribution in [0, 0.1) is 5.92 Å². The second kappa shape index (κ2) is 5.59. The summed E-state index contributed by atoms with van der Waals surface area (Å²) < 4.78 is 0. The van der Waals surface area contributed by atoms with Gasteiger partial charge in [0.05, 0.1) is 5.92 Å². The monoisotopic (exact) mass is 299 g/mol. The summed E-state index contributed by atoms with van der Waals surface area (Å²) in [6, 6.07) is 7.68.